The van der Waals surface area contributed by atoms with Crippen molar-refractivity contribution in [1.82, 2.24) is 0 Å². The lowest BCUT2D eigenvalue weighted by molar-refractivity contribution is 0.474. The van der Waals surface area contributed by atoms with E-state index in [1.807, 2.05) is 30.3 Å². The zero-order valence-electron chi connectivity index (χ0n) is 12.0. The molecule has 0 bridgehead atoms. The molecule has 4 rings (SSSR count). The highest BCUT2D eigenvalue weighted by molar-refractivity contribution is 5.93. The smallest absolute Gasteiger partial charge is 0.338 e. The number of fused-ring (bicyclic) bond motifs is 2. The van der Waals surface area contributed by atoms with Gasteiger partial charge in [-0.1, -0.05) is 12.1 Å². The summed E-state index contributed by atoms with van der Waals surface area (Å²) in [5, 5.41) is 10.6. The molecule has 1 aliphatic heterocycles. The second-order valence-corrected chi connectivity index (χ2v) is 5.52. The molecule has 1 aliphatic rings. The number of nitrogens with zero attached hydrogens (tertiary/aromatic N) is 1. The van der Waals surface area contributed by atoms with Crippen LogP contribution in [0.3, 0.4) is 0 Å². The van der Waals surface area contributed by atoms with Crippen LogP contribution in [0.25, 0.3) is 11.0 Å². The van der Waals surface area contributed by atoms with E-state index in [-0.39, 0.29) is 11.4 Å². The van der Waals surface area contributed by atoms with Crippen LogP contribution < -0.4 is 10.5 Å². The number of aryl methyl sites for hydroxylation is 1. The Morgan fingerprint density at radius 2 is 1.91 bits per heavy atom. The summed E-state index contributed by atoms with van der Waals surface area (Å²) in [4.78, 5) is 14.0. The van der Waals surface area contributed by atoms with E-state index in [1.54, 1.807) is 18.2 Å². The standard InChI is InChI=1S/C18H15NO3/c20-13-7-8-15-12(10-13)4-3-9-19(15)16-11-18(21)22-17-6-2-1-5-14(16)17/h1-2,5-8,10-11,20H,3-4,9H2. The molecule has 4 heteroatoms. The lowest BCUT2D eigenvalue weighted by atomic mass is 10.00. The van der Waals surface area contributed by atoms with Gasteiger partial charge in [-0.05, 0) is 48.7 Å². The van der Waals surface area contributed by atoms with Gasteiger partial charge in [0.25, 0.3) is 0 Å². The van der Waals surface area contributed by atoms with Crippen LogP contribution in [0.4, 0.5) is 11.4 Å². The highest BCUT2D eigenvalue weighted by Crippen LogP contribution is 2.37. The predicted molar refractivity (Wildman–Crippen MR) is 85.9 cm³/mol. The number of phenols is 1. The number of hydrogen-bond acceptors (Lipinski definition) is 4. The molecule has 0 spiro atoms. The largest absolute Gasteiger partial charge is 0.508 e. The molecule has 0 aliphatic carbocycles. The van der Waals surface area contributed by atoms with E-state index >= 15 is 0 Å². The molecule has 0 fully saturated rings. The van der Waals surface area contributed by atoms with E-state index in [0.717, 1.165) is 41.7 Å². The van der Waals surface area contributed by atoms with E-state index in [2.05, 4.69) is 4.90 Å². The van der Waals surface area contributed by atoms with Gasteiger partial charge in [-0.25, -0.2) is 4.79 Å². The molecule has 1 aromatic heterocycles. The topological polar surface area (TPSA) is 53.7 Å². The minimum atomic E-state index is -0.348. The van der Waals surface area contributed by atoms with Gasteiger partial charge in [-0.3, -0.25) is 0 Å². The van der Waals surface area contributed by atoms with E-state index in [4.69, 9.17) is 4.42 Å². The van der Waals surface area contributed by atoms with E-state index < -0.39 is 0 Å². The van der Waals surface area contributed by atoms with Gasteiger partial charge in [0.1, 0.15) is 11.3 Å². The number of aromatic hydroxyl groups is 1. The SMILES string of the molecule is O=c1cc(N2CCCc3cc(O)ccc32)c2ccccc2o1. The van der Waals surface area contributed by atoms with Crippen LogP contribution in [-0.2, 0) is 6.42 Å². The van der Waals surface area contributed by atoms with Gasteiger partial charge >= 0.3 is 5.63 Å². The molecule has 0 saturated carbocycles. The van der Waals surface area contributed by atoms with E-state index in [9.17, 15) is 9.90 Å². The molecule has 0 saturated heterocycles. The van der Waals surface area contributed by atoms with Crippen molar-refractivity contribution < 1.29 is 9.52 Å². The summed E-state index contributed by atoms with van der Waals surface area (Å²) in [7, 11) is 0. The molecule has 3 aromatic rings. The molecule has 2 aromatic carbocycles. The number of hydrogen-bond donors (Lipinski definition) is 1. The second kappa shape index (κ2) is 4.91. The third-order valence-corrected chi connectivity index (χ3v) is 4.10. The summed E-state index contributed by atoms with van der Waals surface area (Å²) in [6, 6.07) is 14.5. The highest BCUT2D eigenvalue weighted by atomic mass is 16.4. The van der Waals surface area contributed by atoms with Gasteiger partial charge in [0.05, 0.1) is 5.69 Å². The van der Waals surface area contributed by atoms with Crippen LogP contribution in [0.15, 0.2) is 57.7 Å². The lowest BCUT2D eigenvalue weighted by Crippen LogP contribution is -2.25. The molecule has 0 atom stereocenters. The van der Waals surface area contributed by atoms with Crippen molar-refractivity contribution in [2.45, 2.75) is 12.8 Å². The molecular weight excluding hydrogens is 278 g/mol. The molecule has 0 unspecified atom stereocenters. The minimum absolute atomic E-state index is 0.276. The average molecular weight is 293 g/mol. The molecule has 1 N–H and O–H groups in total. The Labute approximate surface area is 127 Å². The maximum Gasteiger partial charge on any atom is 0.338 e. The fraction of sp³-hybridized carbons (Fsp3) is 0.167. The molecule has 4 nitrogen and oxygen atoms in total. The lowest BCUT2D eigenvalue weighted by Gasteiger charge is -2.31. The van der Waals surface area contributed by atoms with Crippen LogP contribution in [0.2, 0.25) is 0 Å². The first-order valence-corrected chi connectivity index (χ1v) is 7.35. The van der Waals surface area contributed by atoms with Crippen molar-refractivity contribution in [3.05, 3.63) is 64.5 Å². The van der Waals surface area contributed by atoms with Crippen molar-refractivity contribution in [3.8, 4) is 5.75 Å². The molecule has 2 heterocycles. The number of anilines is 2. The van der Waals surface area contributed by atoms with Crippen molar-refractivity contribution in [1.29, 1.82) is 0 Å². The Balaban J connectivity index is 1.96. The Bertz CT molecular complexity index is 914. The van der Waals surface area contributed by atoms with E-state index in [1.165, 1.54) is 0 Å². The minimum Gasteiger partial charge on any atom is -0.508 e. The van der Waals surface area contributed by atoms with Crippen molar-refractivity contribution in [2.75, 3.05) is 11.4 Å². The second-order valence-electron chi connectivity index (χ2n) is 5.52. The number of benzene rings is 2. The van der Waals surface area contributed by atoms with E-state index in [0.29, 0.717) is 5.58 Å². The maximum atomic E-state index is 11.9. The average Bonchev–Trinajstić information content (AvgIpc) is 2.53. The zero-order valence-corrected chi connectivity index (χ0v) is 12.0. The first kappa shape index (κ1) is 13.0. The molecule has 0 radical (unpaired) electrons. The molecule has 0 amide bonds. The van der Waals surface area contributed by atoms with Crippen LogP contribution in [0.5, 0.6) is 5.75 Å². The Kier molecular flexibility index (Phi) is 2.89. The highest BCUT2D eigenvalue weighted by Gasteiger charge is 2.21. The Morgan fingerprint density at radius 1 is 1.05 bits per heavy atom. The van der Waals surface area contributed by atoms with Crippen molar-refractivity contribution in [3.63, 3.8) is 0 Å². The third-order valence-electron chi connectivity index (χ3n) is 4.10. The summed E-state index contributed by atoms with van der Waals surface area (Å²) in [6.07, 6.45) is 1.91. The van der Waals surface area contributed by atoms with Crippen LogP contribution in [0.1, 0.15) is 12.0 Å². The fourth-order valence-electron chi connectivity index (χ4n) is 3.15. The quantitative estimate of drug-likeness (QED) is 0.697. The Morgan fingerprint density at radius 3 is 2.82 bits per heavy atom. The first-order chi connectivity index (χ1) is 10.7. The summed E-state index contributed by atoms with van der Waals surface area (Å²) in [6.45, 7) is 0.839. The molecule has 110 valence electrons. The van der Waals surface area contributed by atoms with Gasteiger partial charge in [0.2, 0.25) is 0 Å². The zero-order chi connectivity index (χ0) is 15.1. The van der Waals surface area contributed by atoms with Gasteiger partial charge in [0.15, 0.2) is 0 Å². The number of para-hydroxylation sites is 1. The maximum absolute atomic E-state index is 11.9. The summed E-state index contributed by atoms with van der Waals surface area (Å²) >= 11 is 0. The van der Waals surface area contributed by atoms with Crippen molar-refractivity contribution in [2.24, 2.45) is 0 Å². The van der Waals surface area contributed by atoms with Gasteiger partial charge in [-0.2, -0.15) is 0 Å². The van der Waals surface area contributed by atoms with Crippen LogP contribution in [-0.4, -0.2) is 11.7 Å². The number of phenolic OH excluding ortho intramolecular Hbond substituents is 1. The number of rotatable bonds is 1. The summed E-state index contributed by atoms with van der Waals surface area (Å²) in [5.74, 6) is 0.276. The summed E-state index contributed by atoms with van der Waals surface area (Å²) < 4.78 is 5.28. The van der Waals surface area contributed by atoms with Gasteiger partial charge in [0, 0.05) is 23.7 Å². The monoisotopic (exact) mass is 293 g/mol. The van der Waals surface area contributed by atoms with Crippen molar-refractivity contribution >= 4 is 22.3 Å². The fourth-order valence-corrected chi connectivity index (χ4v) is 3.15. The Hall–Kier alpha value is -2.75. The normalized spacial score (nSPS) is 14.1. The molecule has 22 heavy (non-hydrogen) atoms. The first-order valence-electron chi connectivity index (χ1n) is 7.35. The van der Waals surface area contributed by atoms with Crippen LogP contribution >= 0.6 is 0 Å². The van der Waals surface area contributed by atoms with Crippen LogP contribution in [0, 0.1) is 0 Å². The molecular formula is C18H15NO3. The van der Waals surface area contributed by atoms with Gasteiger partial charge in [-0.15, -0.1) is 0 Å². The third kappa shape index (κ3) is 2.04. The summed E-state index contributed by atoms with van der Waals surface area (Å²) in [5.41, 5.74) is 3.25. The van der Waals surface area contributed by atoms with Gasteiger partial charge < -0.3 is 14.4 Å². The predicted octanol–water partition coefficient (Wildman–Crippen LogP) is 3.58.